The SMILES string of the molecule is COc1cc(CN(C)CC(O)COc2cccc(Cl)c2)ccc1OCCN1CCC(C)CC1. The van der Waals surface area contributed by atoms with Gasteiger partial charge in [0.15, 0.2) is 11.5 Å². The fraction of sp³-hybridized carbons (Fsp3) is 0.538. The van der Waals surface area contributed by atoms with Gasteiger partial charge < -0.3 is 19.3 Å². The molecule has 7 heteroatoms. The number of likely N-dealkylation sites (tertiary alicyclic amines) is 1. The van der Waals surface area contributed by atoms with Crippen LogP contribution in [-0.2, 0) is 6.54 Å². The van der Waals surface area contributed by atoms with Crippen molar-refractivity contribution in [1.82, 2.24) is 9.80 Å². The van der Waals surface area contributed by atoms with Crippen LogP contribution >= 0.6 is 11.6 Å². The smallest absolute Gasteiger partial charge is 0.161 e. The molecular weight excluding hydrogens is 440 g/mol. The number of hydrogen-bond acceptors (Lipinski definition) is 6. The highest BCUT2D eigenvalue weighted by Gasteiger charge is 2.16. The number of ether oxygens (including phenoxy) is 3. The van der Waals surface area contributed by atoms with Crippen LogP contribution in [0, 0.1) is 5.92 Å². The molecule has 0 aliphatic carbocycles. The zero-order valence-electron chi connectivity index (χ0n) is 20.0. The zero-order valence-corrected chi connectivity index (χ0v) is 20.8. The van der Waals surface area contributed by atoms with Crippen LogP contribution in [0.15, 0.2) is 42.5 Å². The van der Waals surface area contributed by atoms with E-state index in [0.29, 0.717) is 30.5 Å². The minimum absolute atomic E-state index is 0.205. The lowest BCUT2D eigenvalue weighted by Crippen LogP contribution is -2.35. The van der Waals surface area contributed by atoms with E-state index in [2.05, 4.69) is 16.7 Å². The van der Waals surface area contributed by atoms with Gasteiger partial charge in [-0.15, -0.1) is 0 Å². The molecule has 0 aromatic heterocycles. The number of piperidine rings is 1. The standard InChI is InChI=1S/C26H37ClN2O4/c1-20-9-11-29(12-10-20)13-14-32-25-8-7-21(15-26(25)31-3)17-28(2)18-23(30)19-33-24-6-4-5-22(27)16-24/h4-8,15-16,20,23,30H,9-14,17-19H2,1-3H3. The zero-order chi connectivity index (χ0) is 23.6. The Morgan fingerprint density at radius 1 is 1.12 bits per heavy atom. The summed E-state index contributed by atoms with van der Waals surface area (Å²) in [6.45, 7) is 7.60. The lowest BCUT2D eigenvalue weighted by atomic mass is 9.99. The van der Waals surface area contributed by atoms with Gasteiger partial charge in [-0.25, -0.2) is 0 Å². The van der Waals surface area contributed by atoms with Gasteiger partial charge in [0, 0.05) is 24.7 Å². The van der Waals surface area contributed by atoms with E-state index in [4.69, 9.17) is 25.8 Å². The van der Waals surface area contributed by atoms with E-state index in [-0.39, 0.29) is 6.61 Å². The molecule has 1 unspecified atom stereocenters. The Labute approximate surface area is 203 Å². The van der Waals surface area contributed by atoms with Crippen molar-refractivity contribution in [3.8, 4) is 17.2 Å². The van der Waals surface area contributed by atoms with Crippen LogP contribution in [0.2, 0.25) is 5.02 Å². The number of rotatable bonds is 12. The van der Waals surface area contributed by atoms with E-state index in [1.54, 1.807) is 19.2 Å². The molecular formula is C26H37ClN2O4. The van der Waals surface area contributed by atoms with Crippen molar-refractivity contribution >= 4 is 11.6 Å². The van der Waals surface area contributed by atoms with E-state index in [1.807, 2.05) is 37.4 Å². The second kappa shape index (κ2) is 13.0. The molecule has 2 aromatic rings. The van der Waals surface area contributed by atoms with Crippen LogP contribution < -0.4 is 14.2 Å². The lowest BCUT2D eigenvalue weighted by Gasteiger charge is -2.30. The average molecular weight is 477 g/mol. The Morgan fingerprint density at radius 2 is 1.91 bits per heavy atom. The Kier molecular flexibility index (Phi) is 10.1. The molecule has 182 valence electrons. The first-order valence-corrected chi connectivity index (χ1v) is 12.1. The number of nitrogens with zero attached hydrogens (tertiary/aromatic N) is 2. The minimum atomic E-state index is -0.615. The van der Waals surface area contributed by atoms with E-state index in [1.165, 1.54) is 12.8 Å². The predicted molar refractivity (Wildman–Crippen MR) is 133 cm³/mol. The molecule has 1 fully saturated rings. The summed E-state index contributed by atoms with van der Waals surface area (Å²) in [5, 5.41) is 11.0. The van der Waals surface area contributed by atoms with Gasteiger partial charge in [-0.05, 0) is 74.8 Å². The monoisotopic (exact) mass is 476 g/mol. The Morgan fingerprint density at radius 3 is 2.64 bits per heavy atom. The van der Waals surface area contributed by atoms with Crippen LogP contribution in [0.25, 0.3) is 0 Å². The molecule has 2 aromatic carbocycles. The van der Waals surface area contributed by atoms with Gasteiger partial charge in [0.1, 0.15) is 25.1 Å². The minimum Gasteiger partial charge on any atom is -0.493 e. The third-order valence-electron chi connectivity index (χ3n) is 5.98. The summed E-state index contributed by atoms with van der Waals surface area (Å²) in [7, 11) is 3.64. The van der Waals surface area contributed by atoms with Crippen LogP contribution in [0.1, 0.15) is 25.3 Å². The number of hydrogen-bond donors (Lipinski definition) is 1. The predicted octanol–water partition coefficient (Wildman–Crippen LogP) is 4.33. The van der Waals surface area contributed by atoms with E-state index in [0.717, 1.165) is 42.6 Å². The van der Waals surface area contributed by atoms with E-state index < -0.39 is 6.10 Å². The third-order valence-corrected chi connectivity index (χ3v) is 6.22. The van der Waals surface area contributed by atoms with Crippen molar-refractivity contribution in [2.24, 2.45) is 5.92 Å². The Balaban J connectivity index is 1.43. The fourth-order valence-electron chi connectivity index (χ4n) is 4.04. The fourth-order valence-corrected chi connectivity index (χ4v) is 4.22. The number of aliphatic hydroxyl groups is 1. The molecule has 0 spiro atoms. The topological polar surface area (TPSA) is 54.4 Å². The van der Waals surface area contributed by atoms with Crippen LogP contribution in [-0.4, -0.2) is 74.6 Å². The van der Waals surface area contributed by atoms with Crippen molar-refractivity contribution < 1.29 is 19.3 Å². The average Bonchev–Trinajstić information content (AvgIpc) is 2.79. The molecule has 1 aliphatic heterocycles. The third kappa shape index (κ3) is 8.70. The van der Waals surface area contributed by atoms with Gasteiger partial charge in [0.05, 0.1) is 7.11 Å². The van der Waals surface area contributed by atoms with Crippen molar-refractivity contribution in [2.45, 2.75) is 32.4 Å². The molecule has 0 saturated carbocycles. The first-order valence-electron chi connectivity index (χ1n) is 11.7. The van der Waals surface area contributed by atoms with Gasteiger partial charge in [0.2, 0.25) is 0 Å². The van der Waals surface area contributed by atoms with Crippen LogP contribution in [0.4, 0.5) is 0 Å². The van der Waals surface area contributed by atoms with Gasteiger partial charge >= 0.3 is 0 Å². The highest BCUT2D eigenvalue weighted by Crippen LogP contribution is 2.28. The normalized spacial score (nSPS) is 16.1. The first kappa shape index (κ1) is 25.6. The lowest BCUT2D eigenvalue weighted by molar-refractivity contribution is 0.0744. The molecule has 1 saturated heterocycles. The highest BCUT2D eigenvalue weighted by molar-refractivity contribution is 6.30. The summed E-state index contributed by atoms with van der Waals surface area (Å²) in [5.74, 6) is 2.99. The Bertz CT molecular complexity index is 858. The van der Waals surface area contributed by atoms with Gasteiger partial charge in [-0.1, -0.05) is 30.7 Å². The summed E-state index contributed by atoms with van der Waals surface area (Å²) in [5.41, 5.74) is 1.09. The summed E-state index contributed by atoms with van der Waals surface area (Å²) in [6.07, 6.45) is 1.93. The maximum absolute atomic E-state index is 10.3. The number of benzene rings is 2. The van der Waals surface area contributed by atoms with Crippen LogP contribution in [0.3, 0.4) is 0 Å². The number of halogens is 1. The summed E-state index contributed by atoms with van der Waals surface area (Å²) < 4.78 is 17.2. The quantitative estimate of drug-likeness (QED) is 0.492. The highest BCUT2D eigenvalue weighted by atomic mass is 35.5. The van der Waals surface area contributed by atoms with Crippen molar-refractivity contribution in [2.75, 3.05) is 53.6 Å². The molecule has 1 N–H and O–H groups in total. The largest absolute Gasteiger partial charge is 0.493 e. The number of likely N-dealkylation sites (N-methyl/N-ethyl adjacent to an activating group) is 1. The maximum atomic E-state index is 10.3. The molecule has 6 nitrogen and oxygen atoms in total. The maximum Gasteiger partial charge on any atom is 0.161 e. The second-order valence-corrected chi connectivity index (χ2v) is 9.41. The second-order valence-electron chi connectivity index (χ2n) is 8.98. The molecule has 33 heavy (non-hydrogen) atoms. The van der Waals surface area contributed by atoms with Crippen molar-refractivity contribution in [1.29, 1.82) is 0 Å². The van der Waals surface area contributed by atoms with Crippen molar-refractivity contribution in [3.05, 3.63) is 53.1 Å². The summed E-state index contributed by atoms with van der Waals surface area (Å²) in [6, 6.07) is 13.2. The van der Waals surface area contributed by atoms with E-state index >= 15 is 0 Å². The first-order chi connectivity index (χ1) is 15.9. The molecule has 1 heterocycles. The number of aliphatic hydroxyl groups excluding tert-OH is 1. The van der Waals surface area contributed by atoms with Crippen molar-refractivity contribution in [3.63, 3.8) is 0 Å². The van der Waals surface area contributed by atoms with Gasteiger partial charge in [-0.2, -0.15) is 0 Å². The number of methoxy groups -OCH3 is 1. The molecule has 0 bridgehead atoms. The molecule has 3 rings (SSSR count). The van der Waals surface area contributed by atoms with E-state index in [9.17, 15) is 5.11 Å². The molecule has 1 atom stereocenters. The molecule has 0 radical (unpaired) electrons. The van der Waals surface area contributed by atoms with Crippen LogP contribution in [0.5, 0.6) is 17.2 Å². The van der Waals surface area contributed by atoms with Gasteiger partial charge in [-0.3, -0.25) is 9.80 Å². The summed E-state index contributed by atoms with van der Waals surface area (Å²) in [4.78, 5) is 4.52. The summed E-state index contributed by atoms with van der Waals surface area (Å²) >= 11 is 5.97. The molecule has 0 amide bonds. The van der Waals surface area contributed by atoms with Gasteiger partial charge in [0.25, 0.3) is 0 Å². The Hall–Kier alpha value is -1.99. The molecule has 1 aliphatic rings.